The summed E-state index contributed by atoms with van der Waals surface area (Å²) in [5.41, 5.74) is 1.48. The molecule has 2 aromatic rings. The van der Waals surface area contributed by atoms with Gasteiger partial charge in [-0.1, -0.05) is 0 Å². The van der Waals surface area contributed by atoms with Crippen molar-refractivity contribution in [1.82, 2.24) is 0 Å². The molecule has 0 saturated carbocycles. The molecule has 0 aliphatic carbocycles. The number of quaternary nitrogens is 1. The second-order valence-corrected chi connectivity index (χ2v) is 7.20. The van der Waals surface area contributed by atoms with Crippen molar-refractivity contribution in [3.05, 3.63) is 52.6 Å². The van der Waals surface area contributed by atoms with E-state index in [0.29, 0.717) is 5.69 Å². The summed E-state index contributed by atoms with van der Waals surface area (Å²) < 4.78 is 10.4. The Balaban J connectivity index is 1.58. The highest BCUT2D eigenvalue weighted by molar-refractivity contribution is 5.95. The van der Waals surface area contributed by atoms with Crippen LogP contribution in [0.4, 0.5) is 17.1 Å². The van der Waals surface area contributed by atoms with E-state index in [1.807, 2.05) is 31.2 Å². The smallest absolute Gasteiger partial charge is 0.282 e. The SMILES string of the molecule is COc1ccc(N2CC[NH+]([C@H](C)C(=O)Nc3ccc([N+](=O)[O-])cc3OC)CC2)cc1. The van der Waals surface area contributed by atoms with Gasteiger partial charge in [-0.2, -0.15) is 0 Å². The molecule has 0 spiro atoms. The van der Waals surface area contributed by atoms with Gasteiger partial charge in [0.2, 0.25) is 0 Å². The molecule has 1 heterocycles. The number of hydrogen-bond acceptors (Lipinski definition) is 6. The Morgan fingerprint density at radius 1 is 1.13 bits per heavy atom. The van der Waals surface area contributed by atoms with Crippen LogP contribution in [0.1, 0.15) is 6.92 Å². The Hall–Kier alpha value is -3.33. The van der Waals surface area contributed by atoms with Gasteiger partial charge in [-0.3, -0.25) is 14.9 Å². The van der Waals surface area contributed by atoms with Crippen molar-refractivity contribution in [3.8, 4) is 11.5 Å². The van der Waals surface area contributed by atoms with Crippen LogP contribution in [0.3, 0.4) is 0 Å². The first-order valence-corrected chi connectivity index (χ1v) is 9.79. The summed E-state index contributed by atoms with van der Waals surface area (Å²) in [5.74, 6) is 0.953. The van der Waals surface area contributed by atoms with E-state index in [-0.39, 0.29) is 23.4 Å². The van der Waals surface area contributed by atoms with Gasteiger partial charge in [0.25, 0.3) is 11.6 Å². The molecule has 9 nitrogen and oxygen atoms in total. The number of methoxy groups -OCH3 is 2. The van der Waals surface area contributed by atoms with Gasteiger partial charge in [-0.15, -0.1) is 0 Å². The zero-order chi connectivity index (χ0) is 21.7. The number of benzene rings is 2. The molecule has 2 N–H and O–H groups in total. The summed E-state index contributed by atoms with van der Waals surface area (Å²) in [6.07, 6.45) is 0. The minimum absolute atomic E-state index is 0.0850. The number of rotatable bonds is 7. The normalized spacial score (nSPS) is 15.4. The lowest BCUT2D eigenvalue weighted by molar-refractivity contribution is -0.914. The molecule has 1 aliphatic rings. The summed E-state index contributed by atoms with van der Waals surface area (Å²) in [7, 11) is 3.07. The minimum Gasteiger partial charge on any atom is -0.497 e. The molecule has 9 heteroatoms. The largest absolute Gasteiger partial charge is 0.497 e. The van der Waals surface area contributed by atoms with Crippen LogP contribution < -0.4 is 24.6 Å². The molecular formula is C21H27N4O5+. The van der Waals surface area contributed by atoms with Crippen molar-refractivity contribution in [2.24, 2.45) is 0 Å². The fourth-order valence-electron chi connectivity index (χ4n) is 3.60. The van der Waals surface area contributed by atoms with E-state index < -0.39 is 4.92 Å². The lowest BCUT2D eigenvalue weighted by Gasteiger charge is -2.36. The summed E-state index contributed by atoms with van der Waals surface area (Å²) in [4.78, 5) is 26.7. The number of anilines is 2. The fourth-order valence-corrected chi connectivity index (χ4v) is 3.60. The maximum Gasteiger partial charge on any atom is 0.282 e. The van der Waals surface area contributed by atoms with Crippen molar-refractivity contribution in [2.45, 2.75) is 13.0 Å². The van der Waals surface area contributed by atoms with E-state index in [1.54, 1.807) is 7.11 Å². The van der Waals surface area contributed by atoms with Gasteiger partial charge < -0.3 is 24.6 Å². The third-order valence-corrected chi connectivity index (χ3v) is 5.50. The number of ether oxygens (including phenoxy) is 2. The maximum atomic E-state index is 12.8. The molecule has 0 unspecified atom stereocenters. The number of nitro groups is 1. The fraction of sp³-hybridized carbons (Fsp3) is 0.381. The van der Waals surface area contributed by atoms with E-state index in [4.69, 9.17) is 9.47 Å². The van der Waals surface area contributed by atoms with Crippen molar-refractivity contribution < 1.29 is 24.1 Å². The number of non-ortho nitro benzene ring substituents is 1. The molecule has 1 aliphatic heterocycles. The van der Waals surface area contributed by atoms with Gasteiger partial charge in [0.1, 0.15) is 11.5 Å². The Kier molecular flexibility index (Phi) is 6.73. The van der Waals surface area contributed by atoms with Gasteiger partial charge in [0, 0.05) is 11.8 Å². The Bertz CT molecular complexity index is 895. The summed E-state index contributed by atoms with van der Waals surface area (Å²) in [6.45, 7) is 5.25. The van der Waals surface area contributed by atoms with Crippen LogP contribution in [0.2, 0.25) is 0 Å². The van der Waals surface area contributed by atoms with Crippen LogP contribution in [-0.2, 0) is 4.79 Å². The molecule has 1 amide bonds. The molecule has 30 heavy (non-hydrogen) atoms. The molecule has 1 atom stereocenters. The molecule has 0 bridgehead atoms. The first-order valence-electron chi connectivity index (χ1n) is 9.79. The molecule has 0 radical (unpaired) electrons. The molecule has 1 fully saturated rings. The van der Waals surface area contributed by atoms with Crippen LogP contribution in [0.15, 0.2) is 42.5 Å². The molecular weight excluding hydrogens is 388 g/mol. The predicted octanol–water partition coefficient (Wildman–Crippen LogP) is 1.34. The van der Waals surface area contributed by atoms with Gasteiger partial charge in [0.05, 0.1) is 57.1 Å². The van der Waals surface area contributed by atoms with Crippen molar-refractivity contribution in [1.29, 1.82) is 0 Å². The zero-order valence-electron chi connectivity index (χ0n) is 17.4. The van der Waals surface area contributed by atoms with Crippen LogP contribution in [0, 0.1) is 10.1 Å². The second kappa shape index (κ2) is 9.45. The van der Waals surface area contributed by atoms with E-state index in [9.17, 15) is 14.9 Å². The van der Waals surface area contributed by atoms with Gasteiger partial charge in [-0.05, 0) is 37.3 Å². The molecule has 1 saturated heterocycles. The van der Waals surface area contributed by atoms with Gasteiger partial charge in [0.15, 0.2) is 6.04 Å². The Morgan fingerprint density at radius 3 is 2.37 bits per heavy atom. The summed E-state index contributed by atoms with van der Waals surface area (Å²) in [5, 5.41) is 13.8. The topological polar surface area (TPSA) is 98.4 Å². The van der Waals surface area contributed by atoms with Crippen molar-refractivity contribution in [3.63, 3.8) is 0 Å². The number of amides is 1. The average molecular weight is 415 g/mol. The highest BCUT2D eigenvalue weighted by atomic mass is 16.6. The monoisotopic (exact) mass is 415 g/mol. The molecule has 3 rings (SSSR count). The minimum atomic E-state index is -0.497. The number of nitro benzene ring substituents is 1. The molecule has 2 aromatic carbocycles. The van der Waals surface area contributed by atoms with Crippen molar-refractivity contribution in [2.75, 3.05) is 50.6 Å². The van der Waals surface area contributed by atoms with E-state index >= 15 is 0 Å². The number of carbonyl (C=O) groups excluding carboxylic acids is 1. The average Bonchev–Trinajstić information content (AvgIpc) is 2.78. The standard InChI is InChI=1S/C21H26N4O5/c1-15(21(26)22-19-9-6-17(25(27)28)14-20(19)30-3)23-10-12-24(13-11-23)16-4-7-18(29-2)8-5-16/h4-9,14-15H,10-13H2,1-3H3,(H,22,26)/p+1/t15-/m1/s1. The first-order chi connectivity index (χ1) is 14.4. The zero-order valence-corrected chi connectivity index (χ0v) is 17.4. The molecule has 0 aromatic heterocycles. The summed E-state index contributed by atoms with van der Waals surface area (Å²) in [6, 6.07) is 11.9. The third-order valence-electron chi connectivity index (χ3n) is 5.50. The highest BCUT2D eigenvalue weighted by Gasteiger charge is 2.30. The van der Waals surface area contributed by atoms with Crippen LogP contribution in [0.5, 0.6) is 11.5 Å². The van der Waals surface area contributed by atoms with E-state index in [2.05, 4.69) is 10.2 Å². The number of hydrogen-bond donors (Lipinski definition) is 2. The lowest BCUT2D eigenvalue weighted by Crippen LogP contribution is -3.19. The van der Waals surface area contributed by atoms with Crippen LogP contribution in [0.25, 0.3) is 0 Å². The Morgan fingerprint density at radius 2 is 1.80 bits per heavy atom. The van der Waals surface area contributed by atoms with Crippen molar-refractivity contribution >= 4 is 23.0 Å². The third kappa shape index (κ3) is 4.80. The van der Waals surface area contributed by atoms with Crippen LogP contribution >= 0.6 is 0 Å². The lowest BCUT2D eigenvalue weighted by atomic mass is 10.2. The quantitative estimate of drug-likeness (QED) is 0.523. The molecule has 160 valence electrons. The summed E-state index contributed by atoms with van der Waals surface area (Å²) >= 11 is 0. The number of piperazine rings is 1. The van der Waals surface area contributed by atoms with Gasteiger partial charge >= 0.3 is 0 Å². The maximum absolute atomic E-state index is 12.8. The van der Waals surface area contributed by atoms with E-state index in [1.165, 1.54) is 30.2 Å². The number of carbonyl (C=O) groups is 1. The number of nitrogens with one attached hydrogen (secondary N) is 2. The number of nitrogens with zero attached hydrogens (tertiary/aromatic N) is 2. The first kappa shape index (κ1) is 21.4. The van der Waals surface area contributed by atoms with Gasteiger partial charge in [-0.25, -0.2) is 0 Å². The predicted molar refractivity (Wildman–Crippen MR) is 114 cm³/mol. The van der Waals surface area contributed by atoms with E-state index in [0.717, 1.165) is 37.6 Å². The van der Waals surface area contributed by atoms with Crippen LogP contribution in [-0.4, -0.2) is 57.3 Å². The highest BCUT2D eigenvalue weighted by Crippen LogP contribution is 2.29. The Labute approximate surface area is 175 Å². The second-order valence-electron chi connectivity index (χ2n) is 7.20.